The predicted octanol–water partition coefficient (Wildman–Crippen LogP) is 6.05. The van der Waals surface area contributed by atoms with Gasteiger partial charge < -0.3 is 15.0 Å². The minimum Gasteiger partial charge on any atom is -0.385 e. The van der Waals surface area contributed by atoms with Crippen LogP contribution in [0.2, 0.25) is 0 Å². The summed E-state index contributed by atoms with van der Waals surface area (Å²) in [5.74, 6) is 0.905. The van der Waals surface area contributed by atoms with E-state index in [0.29, 0.717) is 35.1 Å². The van der Waals surface area contributed by atoms with E-state index in [0.717, 1.165) is 44.5 Å². The molecule has 3 fully saturated rings. The molecule has 0 spiro atoms. The quantitative estimate of drug-likeness (QED) is 0.375. The second-order valence-electron chi connectivity index (χ2n) is 9.02. The molecule has 3 aromatic heterocycles. The molecule has 6 rings (SSSR count). The van der Waals surface area contributed by atoms with E-state index in [2.05, 4.69) is 25.4 Å². The van der Waals surface area contributed by atoms with Gasteiger partial charge in [0.15, 0.2) is 17.6 Å². The lowest BCUT2D eigenvalue weighted by atomic mass is 9.96. The van der Waals surface area contributed by atoms with Crippen molar-refractivity contribution in [2.45, 2.75) is 90.8 Å². The van der Waals surface area contributed by atoms with E-state index in [9.17, 15) is 13.6 Å². The highest BCUT2D eigenvalue weighted by Gasteiger charge is 2.39. The molecule has 9 nitrogen and oxygen atoms in total. The van der Waals surface area contributed by atoms with Crippen molar-refractivity contribution in [1.82, 2.24) is 24.4 Å². The molecule has 3 aromatic rings. The van der Waals surface area contributed by atoms with Crippen LogP contribution >= 0.6 is 13.5 Å². The molecular formula is C27H43F2N7O2S. The van der Waals surface area contributed by atoms with Gasteiger partial charge in [0.25, 0.3) is 6.43 Å². The minimum absolute atomic E-state index is 0. The van der Waals surface area contributed by atoms with Crippen molar-refractivity contribution in [1.29, 1.82) is 0 Å². The first-order chi connectivity index (χ1) is 18.6. The molecule has 5 heterocycles. The molecule has 2 bridgehead atoms. The van der Waals surface area contributed by atoms with Gasteiger partial charge in [-0.1, -0.05) is 47.0 Å². The number of aldehydes is 1. The summed E-state index contributed by atoms with van der Waals surface area (Å²) in [6.07, 6.45) is 10.5. The van der Waals surface area contributed by atoms with E-state index in [1.165, 1.54) is 19.3 Å². The summed E-state index contributed by atoms with van der Waals surface area (Å²) in [4.78, 5) is 17.7. The predicted molar refractivity (Wildman–Crippen MR) is 156 cm³/mol. The van der Waals surface area contributed by atoms with E-state index in [-0.39, 0.29) is 19.2 Å². The zero-order chi connectivity index (χ0) is 27.7. The maximum Gasteiger partial charge on any atom is 0.284 e. The van der Waals surface area contributed by atoms with Crippen molar-refractivity contribution in [3.63, 3.8) is 0 Å². The van der Waals surface area contributed by atoms with E-state index in [1.54, 1.807) is 28.6 Å². The van der Waals surface area contributed by atoms with Gasteiger partial charge in [-0.25, -0.2) is 18.3 Å². The van der Waals surface area contributed by atoms with Crippen LogP contribution in [0.15, 0.2) is 24.7 Å². The van der Waals surface area contributed by atoms with Crippen molar-refractivity contribution >= 4 is 36.9 Å². The number of halogens is 2. The first-order valence-corrected chi connectivity index (χ1v) is 13.8. The van der Waals surface area contributed by atoms with E-state index in [1.807, 2.05) is 40.0 Å². The van der Waals surface area contributed by atoms with Crippen LogP contribution in [0.3, 0.4) is 0 Å². The third kappa shape index (κ3) is 7.47. The van der Waals surface area contributed by atoms with Crippen LogP contribution in [0.5, 0.6) is 0 Å². The van der Waals surface area contributed by atoms with Gasteiger partial charge in [-0.15, -0.1) is 0 Å². The molecule has 0 aromatic carbocycles. The molecule has 2 saturated heterocycles. The van der Waals surface area contributed by atoms with Crippen molar-refractivity contribution in [3.05, 3.63) is 35.9 Å². The number of rotatable bonds is 5. The van der Waals surface area contributed by atoms with Crippen molar-refractivity contribution in [2.24, 2.45) is 0 Å². The number of aromatic nitrogens is 5. The van der Waals surface area contributed by atoms with Crippen LogP contribution < -0.4 is 10.2 Å². The number of alkyl halides is 2. The van der Waals surface area contributed by atoms with Crippen LogP contribution in [0.1, 0.15) is 94.7 Å². The molecule has 2 atom stereocenters. The standard InChI is InChI=1S/C12H12N4O2.C11H17F2N3.2C2H6.H2S/c17-6-8-4-13-16-2-1-11(14-12(8)16)15-5-10-3-9(15)7-18-10;1-14-9-7-16(15-10(9)11(12)13)8-5-3-2-4-6-8;2*1-2;/h1-2,4,6,9-10H,3,5,7H2;7-8,11,14H,2-6H2,1H3;2*1-2H3;1H2. The lowest BCUT2D eigenvalue weighted by Gasteiger charge is -2.27. The third-order valence-electron chi connectivity index (χ3n) is 6.89. The zero-order valence-corrected chi connectivity index (χ0v) is 24.6. The fourth-order valence-corrected chi connectivity index (χ4v) is 5.09. The minimum atomic E-state index is -2.51. The summed E-state index contributed by atoms with van der Waals surface area (Å²) in [7, 11) is 1.65. The Hall–Kier alpha value is -2.73. The third-order valence-corrected chi connectivity index (χ3v) is 6.89. The number of hydrogen-bond donors (Lipinski definition) is 1. The SMILES string of the molecule is CC.CC.CNc1cn(C2CCCCC2)nc1C(F)F.O=Cc1cnn2ccc(N3CC4CC3CO4)nc12.S. The van der Waals surface area contributed by atoms with E-state index < -0.39 is 6.43 Å². The number of morpholine rings is 1. The van der Waals surface area contributed by atoms with Crippen LogP contribution in [0.4, 0.5) is 20.3 Å². The summed E-state index contributed by atoms with van der Waals surface area (Å²) in [6, 6.07) is 2.66. The van der Waals surface area contributed by atoms with Crippen molar-refractivity contribution in [3.8, 4) is 0 Å². The molecule has 2 aliphatic heterocycles. The maximum atomic E-state index is 12.7. The lowest BCUT2D eigenvalue weighted by Crippen LogP contribution is -2.37. The molecule has 1 N–H and O–H groups in total. The molecule has 3 aliphatic rings. The van der Waals surface area contributed by atoms with E-state index >= 15 is 0 Å². The molecule has 2 unspecified atom stereocenters. The normalized spacial score (nSPS) is 19.7. The Morgan fingerprint density at radius 3 is 2.38 bits per heavy atom. The molecule has 12 heteroatoms. The number of nitrogens with one attached hydrogen (secondary N) is 1. The average molecular weight is 568 g/mol. The van der Waals surface area contributed by atoms with Crippen LogP contribution in [-0.2, 0) is 4.74 Å². The van der Waals surface area contributed by atoms with Gasteiger partial charge in [-0.3, -0.25) is 9.48 Å². The summed E-state index contributed by atoms with van der Waals surface area (Å²) < 4.78 is 34.3. The summed E-state index contributed by atoms with van der Waals surface area (Å²) >= 11 is 0. The van der Waals surface area contributed by atoms with Crippen molar-refractivity contribution in [2.75, 3.05) is 30.4 Å². The van der Waals surface area contributed by atoms with Crippen LogP contribution in [0, 0.1) is 0 Å². The first-order valence-electron chi connectivity index (χ1n) is 13.8. The zero-order valence-electron chi connectivity index (χ0n) is 23.6. The van der Waals surface area contributed by atoms with Gasteiger partial charge in [0.05, 0.1) is 42.2 Å². The Bertz CT molecular complexity index is 1150. The monoisotopic (exact) mass is 567 g/mol. The molecule has 218 valence electrons. The Morgan fingerprint density at radius 2 is 1.85 bits per heavy atom. The summed E-state index contributed by atoms with van der Waals surface area (Å²) in [5, 5.41) is 10.9. The first kappa shape index (κ1) is 32.5. The number of nitrogens with zero attached hydrogens (tertiary/aromatic N) is 6. The molecule has 0 radical (unpaired) electrons. The molecule has 39 heavy (non-hydrogen) atoms. The summed E-state index contributed by atoms with van der Waals surface area (Å²) in [5.41, 5.74) is 1.46. The van der Waals surface area contributed by atoms with Gasteiger partial charge in [0.1, 0.15) is 5.82 Å². The molecule has 0 amide bonds. The van der Waals surface area contributed by atoms with Gasteiger partial charge >= 0.3 is 0 Å². The number of anilines is 2. The molecular weight excluding hydrogens is 524 g/mol. The van der Waals surface area contributed by atoms with Gasteiger partial charge in [0.2, 0.25) is 0 Å². The van der Waals surface area contributed by atoms with Gasteiger partial charge in [0, 0.05) is 26.0 Å². The van der Waals surface area contributed by atoms with Crippen LogP contribution in [-0.4, -0.2) is 63.0 Å². The second-order valence-corrected chi connectivity index (χ2v) is 9.02. The van der Waals surface area contributed by atoms with Crippen molar-refractivity contribution < 1.29 is 18.3 Å². The fourth-order valence-electron chi connectivity index (χ4n) is 5.09. The number of fused-ring (bicyclic) bond motifs is 3. The lowest BCUT2D eigenvalue weighted by molar-refractivity contribution is 0.0989. The fraction of sp³-hybridized carbons (Fsp3) is 0.630. The van der Waals surface area contributed by atoms with E-state index in [4.69, 9.17) is 4.74 Å². The highest BCUT2D eigenvalue weighted by Crippen LogP contribution is 2.33. The smallest absolute Gasteiger partial charge is 0.284 e. The number of carbonyl (C=O) groups is 1. The average Bonchev–Trinajstić information content (AvgIpc) is 3.78. The van der Waals surface area contributed by atoms with Gasteiger partial charge in [-0.2, -0.15) is 23.7 Å². The summed E-state index contributed by atoms with van der Waals surface area (Å²) in [6.45, 7) is 9.66. The maximum absolute atomic E-state index is 12.7. The van der Waals surface area contributed by atoms with Gasteiger partial charge in [-0.05, 0) is 25.3 Å². The molecule has 1 saturated carbocycles. The number of hydrogen-bond acceptors (Lipinski definition) is 7. The van der Waals surface area contributed by atoms with Crippen LogP contribution in [0.25, 0.3) is 5.65 Å². The highest BCUT2D eigenvalue weighted by atomic mass is 32.1. The Balaban J connectivity index is 0.000000239. The number of ether oxygens (including phenoxy) is 1. The Labute approximate surface area is 236 Å². The number of carbonyl (C=O) groups excluding carboxylic acids is 1. The molecule has 1 aliphatic carbocycles. The Morgan fingerprint density at radius 1 is 1.13 bits per heavy atom. The largest absolute Gasteiger partial charge is 0.385 e. The highest BCUT2D eigenvalue weighted by molar-refractivity contribution is 7.59. The second kappa shape index (κ2) is 15.8. The topological polar surface area (TPSA) is 89.6 Å². The Kier molecular flexibility index (Phi) is 13.1.